The van der Waals surface area contributed by atoms with Gasteiger partial charge in [-0.25, -0.2) is 0 Å². The first-order chi connectivity index (χ1) is 8.47. The summed E-state index contributed by atoms with van der Waals surface area (Å²) in [5, 5.41) is 19.3. The van der Waals surface area contributed by atoms with Gasteiger partial charge >= 0.3 is 0 Å². The molecule has 100 valence electrons. The molecule has 0 radical (unpaired) electrons. The van der Waals surface area contributed by atoms with Gasteiger partial charge in [-0.3, -0.25) is 4.79 Å². The van der Waals surface area contributed by atoms with Gasteiger partial charge in [0.1, 0.15) is 23.7 Å². The molecule has 0 aliphatic carbocycles. The number of carbonyl (C=O) groups excluding carboxylic acids is 1. The monoisotopic (exact) mass is 252 g/mol. The molecule has 1 rings (SSSR count). The Bertz CT molecular complexity index is 424. The number of hydrogen-bond donors (Lipinski definition) is 2. The number of aromatic hydroxyl groups is 1. The lowest BCUT2D eigenvalue weighted by Crippen LogP contribution is -2.14. The highest BCUT2D eigenvalue weighted by molar-refractivity contribution is 5.99. The molecular weight excluding hydrogens is 232 g/mol. The minimum atomic E-state index is -0.623. The van der Waals surface area contributed by atoms with Crippen molar-refractivity contribution in [2.75, 3.05) is 6.61 Å². The van der Waals surface area contributed by atoms with Crippen molar-refractivity contribution in [1.29, 1.82) is 0 Å². The van der Waals surface area contributed by atoms with Crippen molar-refractivity contribution >= 4 is 5.78 Å². The second-order valence-corrected chi connectivity index (χ2v) is 4.41. The quantitative estimate of drug-likeness (QED) is 0.762. The number of hydrogen-bond acceptors (Lipinski definition) is 4. The normalized spacial score (nSPS) is 12.2. The average Bonchev–Trinajstić information content (AvgIpc) is 2.29. The number of phenolic OH excluding ortho intramolecular Hbond substituents is 1. The van der Waals surface area contributed by atoms with Crippen LogP contribution in [-0.4, -0.2) is 28.7 Å². The maximum Gasteiger partial charge on any atom is 0.167 e. The Balaban J connectivity index is 3.11. The van der Waals surface area contributed by atoms with Crippen LogP contribution in [0.4, 0.5) is 0 Å². The lowest BCUT2D eigenvalue weighted by Gasteiger charge is -2.14. The van der Waals surface area contributed by atoms with Gasteiger partial charge in [-0.2, -0.15) is 0 Å². The van der Waals surface area contributed by atoms with E-state index in [1.54, 1.807) is 19.1 Å². The van der Waals surface area contributed by atoms with Crippen molar-refractivity contribution in [3.63, 3.8) is 0 Å². The van der Waals surface area contributed by atoms with Crippen molar-refractivity contribution in [1.82, 2.24) is 0 Å². The van der Waals surface area contributed by atoms with Crippen LogP contribution in [0.15, 0.2) is 12.1 Å². The first-order valence-electron chi connectivity index (χ1n) is 6.14. The van der Waals surface area contributed by atoms with Crippen LogP contribution in [-0.2, 0) is 6.42 Å². The summed E-state index contributed by atoms with van der Waals surface area (Å²) in [6.45, 7) is 5.08. The molecule has 0 aliphatic rings. The first-order valence-corrected chi connectivity index (χ1v) is 6.14. The molecule has 4 heteroatoms. The van der Waals surface area contributed by atoms with Crippen LogP contribution in [0.5, 0.6) is 11.5 Å². The Kier molecular flexibility index (Phi) is 5.16. The van der Waals surface area contributed by atoms with Crippen LogP contribution in [0.2, 0.25) is 0 Å². The molecule has 0 aliphatic heterocycles. The minimum absolute atomic E-state index is 0.00700. The second kappa shape index (κ2) is 6.40. The summed E-state index contributed by atoms with van der Waals surface area (Å²) in [6, 6.07) is 3.42. The molecule has 4 nitrogen and oxygen atoms in total. The fourth-order valence-electron chi connectivity index (χ4n) is 1.76. The first kappa shape index (κ1) is 14.5. The number of rotatable bonds is 6. The molecule has 18 heavy (non-hydrogen) atoms. The molecule has 0 amide bonds. The SMILES string of the molecule is CCCc1ccc(OC[C@@H](C)O)c(C(C)=O)c1O. The smallest absolute Gasteiger partial charge is 0.167 e. The maximum atomic E-state index is 11.6. The molecule has 0 heterocycles. The molecule has 1 atom stereocenters. The number of aliphatic hydroxyl groups excluding tert-OH is 1. The fraction of sp³-hybridized carbons (Fsp3) is 0.500. The van der Waals surface area contributed by atoms with Gasteiger partial charge in [-0.1, -0.05) is 19.4 Å². The molecule has 0 bridgehead atoms. The Morgan fingerprint density at radius 2 is 2.11 bits per heavy atom. The average molecular weight is 252 g/mol. The summed E-state index contributed by atoms with van der Waals surface area (Å²) >= 11 is 0. The number of benzene rings is 1. The highest BCUT2D eigenvalue weighted by Crippen LogP contribution is 2.32. The van der Waals surface area contributed by atoms with E-state index < -0.39 is 6.10 Å². The van der Waals surface area contributed by atoms with E-state index in [1.807, 2.05) is 6.92 Å². The number of carbonyl (C=O) groups is 1. The zero-order valence-corrected chi connectivity index (χ0v) is 11.1. The van der Waals surface area contributed by atoms with Crippen molar-refractivity contribution in [3.8, 4) is 11.5 Å². The van der Waals surface area contributed by atoms with Crippen LogP contribution in [0.3, 0.4) is 0 Å². The summed E-state index contributed by atoms with van der Waals surface area (Å²) in [5.74, 6) is 0.0687. The standard InChI is InChI=1S/C14H20O4/c1-4-5-11-6-7-12(18-8-9(2)15)13(10(3)16)14(11)17/h6-7,9,15,17H,4-5,8H2,1-3H3/t9-/m1/s1. The van der Waals surface area contributed by atoms with Gasteiger partial charge in [0.2, 0.25) is 0 Å². The van der Waals surface area contributed by atoms with Gasteiger partial charge in [0.15, 0.2) is 5.78 Å². The van der Waals surface area contributed by atoms with E-state index in [9.17, 15) is 15.0 Å². The van der Waals surface area contributed by atoms with E-state index in [2.05, 4.69) is 0 Å². The molecule has 0 saturated heterocycles. The summed E-state index contributed by atoms with van der Waals surface area (Å²) in [6.07, 6.45) is 0.976. The third-order valence-corrected chi connectivity index (χ3v) is 2.57. The van der Waals surface area contributed by atoms with Gasteiger partial charge in [0.05, 0.1) is 6.10 Å². The van der Waals surface area contributed by atoms with Crippen LogP contribution in [0.25, 0.3) is 0 Å². The Hall–Kier alpha value is -1.55. The largest absolute Gasteiger partial charge is 0.507 e. The van der Waals surface area contributed by atoms with Crippen LogP contribution in [0.1, 0.15) is 43.1 Å². The van der Waals surface area contributed by atoms with Crippen LogP contribution in [0, 0.1) is 0 Å². The van der Waals surface area contributed by atoms with E-state index in [4.69, 9.17) is 4.74 Å². The predicted octanol–water partition coefficient (Wildman–Crippen LogP) is 2.31. The van der Waals surface area contributed by atoms with Crippen molar-refractivity contribution < 1.29 is 19.7 Å². The second-order valence-electron chi connectivity index (χ2n) is 4.41. The molecule has 0 aromatic heterocycles. The summed E-state index contributed by atoms with van der Waals surface area (Å²) in [7, 11) is 0. The van der Waals surface area contributed by atoms with Crippen molar-refractivity contribution in [2.24, 2.45) is 0 Å². The maximum absolute atomic E-state index is 11.6. The minimum Gasteiger partial charge on any atom is -0.507 e. The summed E-state index contributed by atoms with van der Waals surface area (Å²) in [4.78, 5) is 11.6. The predicted molar refractivity (Wildman–Crippen MR) is 69.3 cm³/mol. The zero-order chi connectivity index (χ0) is 13.7. The number of ether oxygens (including phenoxy) is 1. The third-order valence-electron chi connectivity index (χ3n) is 2.57. The summed E-state index contributed by atoms with van der Waals surface area (Å²) < 4.78 is 5.34. The van der Waals surface area contributed by atoms with E-state index in [1.165, 1.54) is 6.92 Å². The molecule has 0 unspecified atom stereocenters. The van der Waals surface area contributed by atoms with Crippen LogP contribution >= 0.6 is 0 Å². The van der Waals surface area contributed by atoms with E-state index in [-0.39, 0.29) is 23.7 Å². The number of phenols is 1. The Labute approximate surface area is 107 Å². The highest BCUT2D eigenvalue weighted by Gasteiger charge is 2.17. The van der Waals surface area contributed by atoms with E-state index >= 15 is 0 Å². The third kappa shape index (κ3) is 3.47. The van der Waals surface area contributed by atoms with Crippen LogP contribution < -0.4 is 4.74 Å². The molecule has 2 N–H and O–H groups in total. The number of ketones is 1. The molecule has 1 aromatic rings. The summed E-state index contributed by atoms with van der Waals surface area (Å²) in [5.41, 5.74) is 0.939. The topological polar surface area (TPSA) is 66.8 Å². The highest BCUT2D eigenvalue weighted by atomic mass is 16.5. The Morgan fingerprint density at radius 1 is 1.44 bits per heavy atom. The Morgan fingerprint density at radius 3 is 2.61 bits per heavy atom. The van der Waals surface area contributed by atoms with Gasteiger partial charge < -0.3 is 14.9 Å². The van der Waals surface area contributed by atoms with Gasteiger partial charge in [-0.15, -0.1) is 0 Å². The van der Waals surface area contributed by atoms with Gasteiger partial charge in [0, 0.05) is 0 Å². The molecular formula is C14H20O4. The number of aliphatic hydroxyl groups is 1. The lowest BCUT2D eigenvalue weighted by atomic mass is 10.0. The number of aryl methyl sites for hydroxylation is 1. The molecule has 0 fully saturated rings. The molecule has 0 saturated carbocycles. The fourth-order valence-corrected chi connectivity index (χ4v) is 1.76. The lowest BCUT2D eigenvalue weighted by molar-refractivity contribution is 0.0991. The van der Waals surface area contributed by atoms with Gasteiger partial charge in [-0.05, 0) is 31.9 Å². The molecule has 0 spiro atoms. The van der Waals surface area contributed by atoms with E-state index in [0.29, 0.717) is 12.2 Å². The zero-order valence-electron chi connectivity index (χ0n) is 11.1. The van der Waals surface area contributed by atoms with Crippen molar-refractivity contribution in [2.45, 2.75) is 39.7 Å². The van der Waals surface area contributed by atoms with Crippen molar-refractivity contribution in [3.05, 3.63) is 23.3 Å². The molecule has 1 aromatic carbocycles. The number of Topliss-reactive ketones (excluding diaryl/α,β-unsaturated/α-hetero) is 1. The van der Waals surface area contributed by atoms with Gasteiger partial charge in [0.25, 0.3) is 0 Å². The van der Waals surface area contributed by atoms with E-state index in [0.717, 1.165) is 12.0 Å².